The van der Waals surface area contributed by atoms with Crippen molar-refractivity contribution in [3.05, 3.63) is 48.2 Å². The first-order valence-electron chi connectivity index (χ1n) is 8.93. The summed E-state index contributed by atoms with van der Waals surface area (Å²) < 4.78 is 0. The summed E-state index contributed by atoms with van der Waals surface area (Å²) in [6, 6.07) is 6.21. The van der Waals surface area contributed by atoms with Crippen LogP contribution in [0.15, 0.2) is 36.8 Å². The Hall–Kier alpha value is -2.01. The minimum atomic E-state index is 0.619. The minimum absolute atomic E-state index is 0.619. The highest BCUT2D eigenvalue weighted by Crippen LogP contribution is 2.38. The van der Waals surface area contributed by atoms with Crippen LogP contribution < -0.4 is 4.90 Å². The highest BCUT2D eigenvalue weighted by Gasteiger charge is 2.29. The molecule has 0 radical (unpaired) electrons. The van der Waals surface area contributed by atoms with Crippen LogP contribution in [0.1, 0.15) is 36.6 Å². The maximum atomic E-state index is 4.79. The molecule has 24 heavy (non-hydrogen) atoms. The molecule has 1 saturated carbocycles. The Labute approximate surface area is 143 Å². The van der Waals surface area contributed by atoms with E-state index < -0.39 is 0 Å². The molecule has 0 aromatic carbocycles. The lowest BCUT2D eigenvalue weighted by Crippen LogP contribution is -2.28. The van der Waals surface area contributed by atoms with Gasteiger partial charge in [-0.3, -0.25) is 4.98 Å². The standard InChI is InChI=1S/C19H25N5/c1-23(12-15-3-2-8-20-11-15)13-16-7-10-24(14-16)18-6-9-21-19(22-18)17-4-5-17/h2-3,6,8-9,11,16-17H,4-5,7,10,12-14H2,1H3/t16-/m0/s1. The smallest absolute Gasteiger partial charge is 0.133 e. The molecule has 4 rings (SSSR count). The van der Waals surface area contributed by atoms with Gasteiger partial charge in [0.2, 0.25) is 0 Å². The van der Waals surface area contributed by atoms with Gasteiger partial charge in [-0.2, -0.15) is 0 Å². The number of hydrogen-bond acceptors (Lipinski definition) is 5. The lowest BCUT2D eigenvalue weighted by Gasteiger charge is -2.22. The topological polar surface area (TPSA) is 45.2 Å². The zero-order valence-corrected chi connectivity index (χ0v) is 14.3. The zero-order valence-electron chi connectivity index (χ0n) is 14.3. The van der Waals surface area contributed by atoms with Crippen LogP contribution >= 0.6 is 0 Å². The summed E-state index contributed by atoms with van der Waals surface area (Å²) in [6.07, 6.45) is 9.46. The van der Waals surface area contributed by atoms with Crippen LogP contribution in [0.2, 0.25) is 0 Å². The molecule has 1 aliphatic heterocycles. The van der Waals surface area contributed by atoms with Gasteiger partial charge >= 0.3 is 0 Å². The number of hydrogen-bond donors (Lipinski definition) is 0. The van der Waals surface area contributed by atoms with E-state index in [1.165, 1.54) is 24.8 Å². The number of nitrogens with zero attached hydrogens (tertiary/aromatic N) is 5. The Balaban J connectivity index is 1.32. The van der Waals surface area contributed by atoms with Crippen LogP contribution in [-0.2, 0) is 6.54 Å². The number of pyridine rings is 1. The van der Waals surface area contributed by atoms with Crippen molar-refractivity contribution in [1.29, 1.82) is 0 Å². The van der Waals surface area contributed by atoms with Gasteiger partial charge in [-0.1, -0.05) is 6.07 Å². The summed E-state index contributed by atoms with van der Waals surface area (Å²) in [6.45, 7) is 4.28. The largest absolute Gasteiger partial charge is 0.356 e. The summed E-state index contributed by atoms with van der Waals surface area (Å²) in [5.41, 5.74) is 1.28. The van der Waals surface area contributed by atoms with Gasteiger partial charge in [0.05, 0.1) is 0 Å². The third kappa shape index (κ3) is 3.73. The average molecular weight is 323 g/mol. The van der Waals surface area contributed by atoms with Gasteiger partial charge in [0.15, 0.2) is 0 Å². The highest BCUT2D eigenvalue weighted by molar-refractivity contribution is 5.39. The van der Waals surface area contributed by atoms with Crippen molar-refractivity contribution in [2.75, 3.05) is 31.6 Å². The summed E-state index contributed by atoms with van der Waals surface area (Å²) >= 11 is 0. The molecule has 5 heteroatoms. The number of aromatic nitrogens is 3. The van der Waals surface area contributed by atoms with E-state index in [-0.39, 0.29) is 0 Å². The maximum absolute atomic E-state index is 4.79. The Bertz CT molecular complexity index is 670. The second-order valence-corrected chi connectivity index (χ2v) is 7.21. The predicted molar refractivity (Wildman–Crippen MR) is 94.9 cm³/mol. The van der Waals surface area contributed by atoms with Crippen molar-refractivity contribution in [1.82, 2.24) is 19.9 Å². The van der Waals surface area contributed by atoms with Crippen molar-refractivity contribution in [2.45, 2.75) is 31.7 Å². The monoisotopic (exact) mass is 323 g/mol. The first kappa shape index (κ1) is 15.5. The Morgan fingerprint density at radius 3 is 2.92 bits per heavy atom. The quantitative estimate of drug-likeness (QED) is 0.818. The van der Waals surface area contributed by atoms with Crippen LogP contribution in [0, 0.1) is 5.92 Å². The highest BCUT2D eigenvalue weighted by atomic mass is 15.2. The summed E-state index contributed by atoms with van der Waals surface area (Å²) in [5, 5.41) is 0. The summed E-state index contributed by atoms with van der Waals surface area (Å²) in [4.78, 5) is 18.3. The molecule has 0 spiro atoms. The molecule has 1 atom stereocenters. The molecule has 2 fully saturated rings. The van der Waals surface area contributed by atoms with Gasteiger partial charge in [-0.05, 0) is 49.9 Å². The van der Waals surface area contributed by atoms with E-state index in [1.54, 1.807) is 0 Å². The van der Waals surface area contributed by atoms with E-state index in [0.717, 1.165) is 37.8 Å². The molecule has 1 aliphatic carbocycles. The lowest BCUT2D eigenvalue weighted by atomic mass is 10.1. The van der Waals surface area contributed by atoms with Crippen molar-refractivity contribution in [3.63, 3.8) is 0 Å². The second-order valence-electron chi connectivity index (χ2n) is 7.21. The van der Waals surface area contributed by atoms with Crippen LogP contribution in [0.25, 0.3) is 0 Å². The molecule has 3 heterocycles. The molecule has 2 aromatic heterocycles. The van der Waals surface area contributed by atoms with Gasteiger partial charge in [-0.15, -0.1) is 0 Å². The van der Waals surface area contributed by atoms with Crippen LogP contribution in [0.5, 0.6) is 0 Å². The summed E-state index contributed by atoms with van der Waals surface area (Å²) in [7, 11) is 2.20. The van der Waals surface area contributed by atoms with Gasteiger partial charge in [0.1, 0.15) is 11.6 Å². The summed E-state index contributed by atoms with van der Waals surface area (Å²) in [5.74, 6) is 3.48. The van der Waals surface area contributed by atoms with E-state index in [1.807, 2.05) is 24.7 Å². The van der Waals surface area contributed by atoms with Crippen LogP contribution in [0.4, 0.5) is 5.82 Å². The fourth-order valence-electron chi connectivity index (χ4n) is 3.58. The van der Waals surface area contributed by atoms with E-state index in [2.05, 4.69) is 38.9 Å². The minimum Gasteiger partial charge on any atom is -0.356 e. The zero-order chi connectivity index (χ0) is 16.4. The van der Waals surface area contributed by atoms with E-state index >= 15 is 0 Å². The van der Waals surface area contributed by atoms with Crippen LogP contribution in [0.3, 0.4) is 0 Å². The van der Waals surface area contributed by atoms with Crippen molar-refractivity contribution in [3.8, 4) is 0 Å². The van der Waals surface area contributed by atoms with Crippen molar-refractivity contribution in [2.24, 2.45) is 5.92 Å². The third-order valence-corrected chi connectivity index (χ3v) is 4.96. The molecule has 0 N–H and O–H groups in total. The molecule has 5 nitrogen and oxygen atoms in total. The molecular weight excluding hydrogens is 298 g/mol. The molecule has 1 saturated heterocycles. The van der Waals surface area contributed by atoms with Crippen molar-refractivity contribution >= 4 is 5.82 Å². The molecule has 0 amide bonds. The predicted octanol–water partition coefficient (Wildman–Crippen LogP) is 2.71. The van der Waals surface area contributed by atoms with E-state index in [4.69, 9.17) is 4.98 Å². The Kier molecular flexibility index (Phi) is 4.43. The first-order valence-corrected chi connectivity index (χ1v) is 8.93. The Morgan fingerprint density at radius 1 is 1.21 bits per heavy atom. The average Bonchev–Trinajstić information content (AvgIpc) is 3.36. The molecule has 126 valence electrons. The van der Waals surface area contributed by atoms with Gasteiger partial charge in [-0.25, -0.2) is 9.97 Å². The maximum Gasteiger partial charge on any atom is 0.133 e. The SMILES string of the molecule is CN(Cc1cccnc1)C[C@@H]1CCN(c2ccnc(C3CC3)n2)C1. The first-order chi connectivity index (χ1) is 11.8. The van der Waals surface area contributed by atoms with Crippen LogP contribution in [-0.4, -0.2) is 46.5 Å². The van der Waals surface area contributed by atoms with Gasteiger partial charge in [0.25, 0.3) is 0 Å². The number of rotatable bonds is 6. The fourth-order valence-corrected chi connectivity index (χ4v) is 3.58. The third-order valence-electron chi connectivity index (χ3n) is 4.96. The molecule has 0 unspecified atom stereocenters. The lowest BCUT2D eigenvalue weighted by molar-refractivity contribution is 0.279. The van der Waals surface area contributed by atoms with E-state index in [9.17, 15) is 0 Å². The molecule has 0 bridgehead atoms. The molecule has 2 aliphatic rings. The second kappa shape index (κ2) is 6.85. The van der Waals surface area contributed by atoms with Crippen molar-refractivity contribution < 1.29 is 0 Å². The van der Waals surface area contributed by atoms with E-state index in [0.29, 0.717) is 11.8 Å². The molecular formula is C19H25N5. The Morgan fingerprint density at radius 2 is 2.12 bits per heavy atom. The molecule has 2 aromatic rings. The van der Waals surface area contributed by atoms with Gasteiger partial charge < -0.3 is 9.80 Å². The fraction of sp³-hybridized carbons (Fsp3) is 0.526. The normalized spacial score (nSPS) is 20.8. The van der Waals surface area contributed by atoms with Gasteiger partial charge in [0, 0.05) is 50.7 Å². The number of anilines is 1.